The molecule has 6 heteroatoms. The molecule has 0 saturated heterocycles. The lowest BCUT2D eigenvalue weighted by atomic mass is 10.3. The summed E-state index contributed by atoms with van der Waals surface area (Å²) >= 11 is 0. The van der Waals surface area contributed by atoms with E-state index in [9.17, 15) is 9.18 Å². The average Bonchev–Trinajstić information content (AvgIpc) is 2.74. The number of hydrogen-bond acceptors (Lipinski definition) is 3. The Balaban J connectivity index is 2.58. The van der Waals surface area contributed by atoms with Gasteiger partial charge in [-0.25, -0.2) is 13.9 Å². The number of nitriles is 1. The normalized spacial score (nSPS) is 9.88. The highest BCUT2D eigenvalue weighted by molar-refractivity contribution is 5.86. The molecule has 0 aliphatic carbocycles. The van der Waals surface area contributed by atoms with Gasteiger partial charge in [0.25, 0.3) is 0 Å². The fraction of sp³-hybridized carbons (Fsp3) is 0. The van der Waals surface area contributed by atoms with Crippen LogP contribution in [-0.4, -0.2) is 20.9 Å². The number of halogens is 1. The monoisotopic (exact) mass is 231 g/mol. The minimum atomic E-state index is -1.21. The van der Waals surface area contributed by atoms with E-state index >= 15 is 0 Å². The van der Waals surface area contributed by atoms with E-state index in [0.29, 0.717) is 5.69 Å². The molecule has 2 rings (SSSR count). The van der Waals surface area contributed by atoms with E-state index in [-0.39, 0.29) is 11.4 Å². The number of rotatable bonds is 2. The summed E-state index contributed by atoms with van der Waals surface area (Å²) in [6.07, 6.45) is 0. The van der Waals surface area contributed by atoms with Crippen LogP contribution in [0.2, 0.25) is 0 Å². The van der Waals surface area contributed by atoms with Crippen molar-refractivity contribution >= 4 is 5.97 Å². The van der Waals surface area contributed by atoms with E-state index in [1.54, 1.807) is 6.07 Å². The van der Waals surface area contributed by atoms with Gasteiger partial charge < -0.3 is 5.11 Å². The molecule has 1 aromatic carbocycles. The zero-order chi connectivity index (χ0) is 12.4. The van der Waals surface area contributed by atoms with E-state index in [0.717, 1.165) is 10.7 Å². The van der Waals surface area contributed by atoms with Crippen LogP contribution in [0.3, 0.4) is 0 Å². The third-order valence-electron chi connectivity index (χ3n) is 2.11. The number of benzene rings is 1. The molecule has 1 aromatic heterocycles. The predicted molar refractivity (Wildman–Crippen MR) is 55.2 cm³/mol. The van der Waals surface area contributed by atoms with Crippen molar-refractivity contribution in [3.63, 3.8) is 0 Å². The summed E-state index contributed by atoms with van der Waals surface area (Å²) in [5.74, 6) is -1.64. The van der Waals surface area contributed by atoms with Gasteiger partial charge in [0.05, 0.1) is 5.69 Å². The maximum absolute atomic E-state index is 12.7. The molecule has 17 heavy (non-hydrogen) atoms. The Morgan fingerprint density at radius 1 is 1.41 bits per heavy atom. The van der Waals surface area contributed by atoms with Gasteiger partial charge in [0, 0.05) is 6.07 Å². The van der Waals surface area contributed by atoms with Crippen LogP contribution in [0.4, 0.5) is 4.39 Å². The minimum Gasteiger partial charge on any atom is -0.477 e. The lowest BCUT2D eigenvalue weighted by Crippen LogP contribution is -2.07. The summed E-state index contributed by atoms with van der Waals surface area (Å²) in [5.41, 5.74) is 0.227. The summed E-state index contributed by atoms with van der Waals surface area (Å²) in [6, 6.07) is 8.06. The van der Waals surface area contributed by atoms with Crippen LogP contribution < -0.4 is 0 Å². The van der Waals surface area contributed by atoms with Crippen LogP contribution in [0.25, 0.3) is 5.69 Å². The zero-order valence-corrected chi connectivity index (χ0v) is 8.46. The fourth-order valence-electron chi connectivity index (χ4n) is 1.37. The Bertz CT molecular complexity index is 611. The number of aromatic carboxylic acids is 1. The molecule has 0 spiro atoms. The van der Waals surface area contributed by atoms with Gasteiger partial charge >= 0.3 is 5.97 Å². The second-order valence-electron chi connectivity index (χ2n) is 3.22. The largest absolute Gasteiger partial charge is 0.477 e. The van der Waals surface area contributed by atoms with E-state index in [1.807, 2.05) is 0 Å². The van der Waals surface area contributed by atoms with Gasteiger partial charge in [0.15, 0.2) is 11.4 Å². The lowest BCUT2D eigenvalue weighted by Gasteiger charge is -2.03. The Morgan fingerprint density at radius 2 is 2.06 bits per heavy atom. The highest BCUT2D eigenvalue weighted by atomic mass is 19.1. The second-order valence-corrected chi connectivity index (χ2v) is 3.22. The second kappa shape index (κ2) is 4.06. The van der Waals surface area contributed by atoms with Crippen molar-refractivity contribution in [2.24, 2.45) is 0 Å². The van der Waals surface area contributed by atoms with Gasteiger partial charge in [-0.1, -0.05) is 0 Å². The highest BCUT2D eigenvalue weighted by Crippen LogP contribution is 2.13. The summed E-state index contributed by atoms with van der Waals surface area (Å²) in [4.78, 5) is 10.9. The Kier molecular flexibility index (Phi) is 2.58. The molecule has 0 aliphatic rings. The van der Waals surface area contributed by atoms with Crippen LogP contribution in [-0.2, 0) is 0 Å². The summed E-state index contributed by atoms with van der Waals surface area (Å²) in [6.45, 7) is 0. The zero-order valence-electron chi connectivity index (χ0n) is 8.46. The Labute approximate surface area is 95.3 Å². The van der Waals surface area contributed by atoms with E-state index < -0.39 is 11.8 Å². The van der Waals surface area contributed by atoms with Crippen molar-refractivity contribution in [2.75, 3.05) is 0 Å². The Hall–Kier alpha value is -2.68. The summed E-state index contributed by atoms with van der Waals surface area (Å²) < 4.78 is 13.8. The molecule has 0 fully saturated rings. The number of carbonyl (C=O) groups is 1. The molecule has 0 atom stereocenters. The number of nitrogens with zero attached hydrogens (tertiary/aromatic N) is 3. The third kappa shape index (κ3) is 1.99. The van der Waals surface area contributed by atoms with Gasteiger partial charge in [0.1, 0.15) is 11.9 Å². The van der Waals surface area contributed by atoms with Crippen molar-refractivity contribution in [2.45, 2.75) is 0 Å². The van der Waals surface area contributed by atoms with Gasteiger partial charge in [-0.05, 0) is 24.3 Å². The van der Waals surface area contributed by atoms with Crippen molar-refractivity contribution in [1.82, 2.24) is 9.78 Å². The number of carboxylic acids is 1. The molecule has 0 bridgehead atoms. The molecular weight excluding hydrogens is 225 g/mol. The Morgan fingerprint density at radius 3 is 2.59 bits per heavy atom. The van der Waals surface area contributed by atoms with Crippen molar-refractivity contribution in [1.29, 1.82) is 5.26 Å². The van der Waals surface area contributed by atoms with Crippen LogP contribution in [0.15, 0.2) is 30.3 Å². The maximum Gasteiger partial charge on any atom is 0.354 e. The van der Waals surface area contributed by atoms with Crippen molar-refractivity contribution < 1.29 is 14.3 Å². The van der Waals surface area contributed by atoms with Gasteiger partial charge in [-0.15, -0.1) is 0 Å². The highest BCUT2D eigenvalue weighted by Gasteiger charge is 2.15. The van der Waals surface area contributed by atoms with Crippen LogP contribution >= 0.6 is 0 Å². The summed E-state index contributed by atoms with van der Waals surface area (Å²) in [5, 5.41) is 21.4. The molecule has 0 aliphatic heterocycles. The molecule has 0 radical (unpaired) electrons. The molecule has 0 amide bonds. The predicted octanol–water partition coefficient (Wildman–Crippen LogP) is 1.58. The lowest BCUT2D eigenvalue weighted by molar-refractivity contribution is 0.0687. The molecular formula is C11H6FN3O2. The van der Waals surface area contributed by atoms with Gasteiger partial charge in [-0.3, -0.25) is 0 Å². The summed E-state index contributed by atoms with van der Waals surface area (Å²) in [7, 11) is 0. The third-order valence-corrected chi connectivity index (χ3v) is 2.11. The van der Waals surface area contributed by atoms with Crippen LogP contribution in [0, 0.1) is 17.1 Å². The first-order valence-corrected chi connectivity index (χ1v) is 4.61. The topological polar surface area (TPSA) is 78.9 Å². The fourth-order valence-corrected chi connectivity index (χ4v) is 1.37. The minimum absolute atomic E-state index is 0.00766. The van der Waals surface area contributed by atoms with Gasteiger partial charge in [0.2, 0.25) is 0 Å². The van der Waals surface area contributed by atoms with E-state index in [2.05, 4.69) is 5.10 Å². The first-order chi connectivity index (χ1) is 8.11. The van der Waals surface area contributed by atoms with Crippen molar-refractivity contribution in [3.8, 4) is 11.8 Å². The maximum atomic E-state index is 12.7. The molecule has 1 N–H and O–H groups in total. The first kappa shape index (κ1) is 10.8. The van der Waals surface area contributed by atoms with E-state index in [4.69, 9.17) is 10.4 Å². The molecule has 84 valence electrons. The standard InChI is InChI=1S/C11H6FN3O2/c12-7-1-3-9(4-2-7)15-10(11(16)17)5-8(6-13)14-15/h1-5H,(H,16,17). The number of hydrogen-bond donors (Lipinski definition) is 1. The molecule has 1 heterocycles. The smallest absolute Gasteiger partial charge is 0.354 e. The molecule has 0 saturated carbocycles. The molecule has 0 unspecified atom stereocenters. The van der Waals surface area contributed by atoms with E-state index in [1.165, 1.54) is 24.3 Å². The average molecular weight is 231 g/mol. The molecule has 5 nitrogen and oxygen atoms in total. The van der Waals surface area contributed by atoms with Crippen LogP contribution in [0.5, 0.6) is 0 Å². The van der Waals surface area contributed by atoms with Gasteiger partial charge in [-0.2, -0.15) is 10.4 Å². The number of carboxylic acid groups (broad SMARTS) is 1. The quantitative estimate of drug-likeness (QED) is 0.850. The molecule has 2 aromatic rings. The van der Waals surface area contributed by atoms with Crippen molar-refractivity contribution in [3.05, 3.63) is 47.5 Å². The van der Waals surface area contributed by atoms with Crippen LogP contribution in [0.1, 0.15) is 16.2 Å². The first-order valence-electron chi connectivity index (χ1n) is 4.61. The number of aromatic nitrogens is 2. The SMILES string of the molecule is N#Cc1cc(C(=O)O)n(-c2ccc(F)cc2)n1.